The van der Waals surface area contributed by atoms with Crippen molar-refractivity contribution >= 4 is 31.3 Å². The van der Waals surface area contributed by atoms with Crippen LogP contribution >= 0.6 is 0 Å². The Morgan fingerprint density at radius 3 is 1.94 bits per heavy atom. The van der Waals surface area contributed by atoms with Crippen LogP contribution in [0.1, 0.15) is 24.2 Å². The molecule has 0 atom stereocenters. The SMILES string of the molecule is CC(C)Oc1ccc(S(C)(=O)=O)cc1C(=O)N1CCN(c2cc(F)c(S(C)(=O)=O)c(F)c2)CC1. The first kappa shape index (κ1) is 25.9. The molecule has 1 heterocycles. The summed E-state index contributed by atoms with van der Waals surface area (Å²) in [7, 11) is -7.62. The number of piperazine rings is 1. The second-order valence-electron chi connectivity index (χ2n) is 8.39. The Kier molecular flexibility index (Phi) is 7.23. The summed E-state index contributed by atoms with van der Waals surface area (Å²) in [6, 6.07) is 6.04. The largest absolute Gasteiger partial charge is 0.490 e. The van der Waals surface area contributed by atoms with E-state index in [1.165, 1.54) is 23.1 Å². The zero-order valence-electron chi connectivity index (χ0n) is 19.2. The number of carbonyl (C=O) groups is 1. The van der Waals surface area contributed by atoms with Crippen molar-refractivity contribution in [2.24, 2.45) is 0 Å². The Morgan fingerprint density at radius 2 is 1.47 bits per heavy atom. The predicted molar refractivity (Wildman–Crippen MR) is 123 cm³/mol. The highest BCUT2D eigenvalue weighted by Crippen LogP contribution is 2.28. The van der Waals surface area contributed by atoms with E-state index in [0.717, 1.165) is 24.6 Å². The molecule has 0 spiro atoms. The van der Waals surface area contributed by atoms with Gasteiger partial charge in [-0.05, 0) is 44.2 Å². The molecule has 0 unspecified atom stereocenters. The summed E-state index contributed by atoms with van der Waals surface area (Å²) in [6.07, 6.45) is 1.53. The molecule has 8 nitrogen and oxygen atoms in total. The van der Waals surface area contributed by atoms with E-state index in [1.54, 1.807) is 18.7 Å². The van der Waals surface area contributed by atoms with Crippen molar-refractivity contribution in [1.29, 1.82) is 0 Å². The van der Waals surface area contributed by atoms with Crippen molar-refractivity contribution in [3.8, 4) is 5.75 Å². The first-order valence-corrected chi connectivity index (χ1v) is 14.2. The number of halogens is 2. The fraction of sp³-hybridized carbons (Fsp3) is 0.409. The van der Waals surface area contributed by atoms with E-state index < -0.39 is 42.1 Å². The summed E-state index contributed by atoms with van der Waals surface area (Å²) >= 11 is 0. The molecule has 1 amide bonds. The van der Waals surface area contributed by atoms with E-state index in [2.05, 4.69) is 0 Å². The van der Waals surface area contributed by atoms with Gasteiger partial charge in [-0.3, -0.25) is 4.79 Å². The summed E-state index contributed by atoms with van der Waals surface area (Å²) in [5.74, 6) is -2.52. The van der Waals surface area contributed by atoms with E-state index in [4.69, 9.17) is 4.74 Å². The molecule has 0 N–H and O–H groups in total. The van der Waals surface area contributed by atoms with Crippen LogP contribution < -0.4 is 9.64 Å². The molecule has 12 heteroatoms. The number of sulfone groups is 2. The number of rotatable bonds is 6. The molecule has 0 bridgehead atoms. The normalized spacial score (nSPS) is 15.0. The minimum atomic E-state index is -4.07. The lowest BCUT2D eigenvalue weighted by molar-refractivity contribution is 0.0740. The molecule has 1 aliphatic rings. The predicted octanol–water partition coefficient (Wildman–Crippen LogP) is 2.52. The quantitative estimate of drug-likeness (QED) is 0.582. The molecule has 1 fully saturated rings. The van der Waals surface area contributed by atoms with Crippen LogP contribution in [0.15, 0.2) is 40.1 Å². The second kappa shape index (κ2) is 9.49. The number of nitrogens with zero attached hydrogens (tertiary/aromatic N) is 2. The van der Waals surface area contributed by atoms with Crippen LogP contribution in [0.5, 0.6) is 5.75 Å². The lowest BCUT2D eigenvalue weighted by atomic mass is 10.1. The van der Waals surface area contributed by atoms with Crippen molar-refractivity contribution in [2.45, 2.75) is 29.7 Å². The standard InChI is InChI=1S/C22H26F2N2O6S2/c1-14(2)32-20-6-5-16(33(3,28)29)13-17(20)22(27)26-9-7-25(8-10-26)15-11-18(23)21(19(24)12-15)34(4,30)31/h5-6,11-14H,7-10H2,1-4H3. The van der Waals surface area contributed by atoms with Crippen molar-refractivity contribution in [3.63, 3.8) is 0 Å². The van der Waals surface area contributed by atoms with Gasteiger partial charge in [0.05, 0.1) is 16.6 Å². The van der Waals surface area contributed by atoms with Crippen LogP contribution in [0.4, 0.5) is 14.5 Å². The van der Waals surface area contributed by atoms with Gasteiger partial charge in [0.25, 0.3) is 5.91 Å². The zero-order valence-corrected chi connectivity index (χ0v) is 20.8. The van der Waals surface area contributed by atoms with Gasteiger partial charge in [0.1, 0.15) is 22.3 Å². The highest BCUT2D eigenvalue weighted by Gasteiger charge is 2.28. The molecule has 0 aliphatic carbocycles. The third-order valence-corrected chi connectivity index (χ3v) is 7.50. The maximum absolute atomic E-state index is 14.3. The topological polar surface area (TPSA) is 101 Å². The van der Waals surface area contributed by atoms with Gasteiger partial charge in [-0.1, -0.05) is 0 Å². The minimum Gasteiger partial charge on any atom is -0.490 e. The van der Waals surface area contributed by atoms with Crippen LogP contribution in [0.2, 0.25) is 0 Å². The molecule has 186 valence electrons. The molecular formula is C22H26F2N2O6S2. The Morgan fingerprint density at radius 1 is 0.912 bits per heavy atom. The Bertz CT molecular complexity index is 1300. The van der Waals surface area contributed by atoms with Gasteiger partial charge in [-0.15, -0.1) is 0 Å². The summed E-state index contributed by atoms with van der Waals surface area (Å²) in [5, 5.41) is 0. The number of hydrogen-bond acceptors (Lipinski definition) is 7. The molecule has 0 radical (unpaired) electrons. The minimum absolute atomic E-state index is 0.0116. The van der Waals surface area contributed by atoms with Gasteiger partial charge in [-0.2, -0.15) is 0 Å². The average Bonchev–Trinajstić information content (AvgIpc) is 2.71. The number of hydrogen-bond donors (Lipinski definition) is 0. The fourth-order valence-electron chi connectivity index (χ4n) is 3.68. The van der Waals surface area contributed by atoms with Crippen molar-refractivity contribution in [2.75, 3.05) is 43.6 Å². The summed E-state index contributed by atoms with van der Waals surface area (Å²) in [5.41, 5.74) is 0.275. The monoisotopic (exact) mass is 516 g/mol. The molecule has 0 saturated carbocycles. The van der Waals surface area contributed by atoms with Crippen LogP contribution in [0.25, 0.3) is 0 Å². The number of benzene rings is 2. The summed E-state index contributed by atoms with van der Waals surface area (Å²) in [6.45, 7) is 4.42. The maximum atomic E-state index is 14.3. The highest BCUT2D eigenvalue weighted by atomic mass is 32.2. The Balaban J connectivity index is 1.83. The average molecular weight is 517 g/mol. The van der Waals surface area contributed by atoms with Crippen LogP contribution in [-0.4, -0.2) is 72.4 Å². The lowest BCUT2D eigenvalue weighted by Crippen LogP contribution is -2.49. The van der Waals surface area contributed by atoms with Crippen molar-refractivity contribution in [1.82, 2.24) is 4.90 Å². The van der Waals surface area contributed by atoms with Crippen molar-refractivity contribution in [3.05, 3.63) is 47.5 Å². The first-order valence-electron chi connectivity index (χ1n) is 10.4. The van der Waals surface area contributed by atoms with Gasteiger partial charge >= 0.3 is 0 Å². The van der Waals surface area contributed by atoms with E-state index in [1.807, 2.05) is 0 Å². The first-order chi connectivity index (χ1) is 15.7. The van der Waals surface area contributed by atoms with E-state index in [9.17, 15) is 30.4 Å². The fourth-order valence-corrected chi connectivity index (χ4v) is 5.16. The molecule has 1 aliphatic heterocycles. The van der Waals surface area contributed by atoms with Gasteiger partial charge in [-0.25, -0.2) is 25.6 Å². The number of anilines is 1. The van der Waals surface area contributed by atoms with E-state index in [0.29, 0.717) is 0 Å². The van der Waals surface area contributed by atoms with Crippen LogP contribution in [0.3, 0.4) is 0 Å². The molecule has 2 aromatic carbocycles. The van der Waals surface area contributed by atoms with Gasteiger partial charge < -0.3 is 14.5 Å². The zero-order chi connectivity index (χ0) is 25.4. The lowest BCUT2D eigenvalue weighted by Gasteiger charge is -2.36. The van der Waals surface area contributed by atoms with Gasteiger partial charge in [0.15, 0.2) is 19.7 Å². The smallest absolute Gasteiger partial charge is 0.257 e. The Hall–Kier alpha value is -2.73. The molecule has 0 aromatic heterocycles. The van der Waals surface area contributed by atoms with E-state index in [-0.39, 0.29) is 54.2 Å². The molecule has 2 aromatic rings. The summed E-state index contributed by atoms with van der Waals surface area (Å²) < 4.78 is 81.5. The maximum Gasteiger partial charge on any atom is 0.257 e. The molecular weight excluding hydrogens is 490 g/mol. The molecule has 1 saturated heterocycles. The number of carbonyl (C=O) groups excluding carboxylic acids is 1. The third kappa shape index (κ3) is 5.66. The molecule has 3 rings (SSSR count). The second-order valence-corrected chi connectivity index (χ2v) is 12.4. The van der Waals surface area contributed by atoms with Crippen LogP contribution in [0, 0.1) is 11.6 Å². The summed E-state index contributed by atoms with van der Waals surface area (Å²) in [4.78, 5) is 15.4. The number of amides is 1. The Labute approximate surface area is 198 Å². The van der Waals surface area contributed by atoms with E-state index >= 15 is 0 Å². The third-order valence-electron chi connectivity index (χ3n) is 5.26. The van der Waals surface area contributed by atoms with Crippen molar-refractivity contribution < 1.29 is 35.1 Å². The highest BCUT2D eigenvalue weighted by molar-refractivity contribution is 7.91. The van der Waals surface area contributed by atoms with Gasteiger partial charge in [0, 0.05) is 44.4 Å². The number of ether oxygens (including phenoxy) is 1. The van der Waals surface area contributed by atoms with Gasteiger partial charge in [0.2, 0.25) is 0 Å². The van der Waals surface area contributed by atoms with Crippen LogP contribution in [-0.2, 0) is 19.7 Å². The molecule has 34 heavy (non-hydrogen) atoms.